The van der Waals surface area contributed by atoms with E-state index in [1.807, 2.05) is 4.90 Å². The van der Waals surface area contributed by atoms with Gasteiger partial charge in [0.2, 0.25) is 0 Å². The van der Waals surface area contributed by atoms with Gasteiger partial charge in [0, 0.05) is 25.2 Å². The lowest BCUT2D eigenvalue weighted by Gasteiger charge is -2.33. The van der Waals surface area contributed by atoms with E-state index in [0.717, 1.165) is 18.9 Å². The molecule has 3 heterocycles. The number of benzene rings is 1. The average Bonchev–Trinajstić information content (AvgIpc) is 2.78. The molecule has 0 spiro atoms. The number of fused-ring (bicyclic) bond motifs is 1. The molecule has 0 unspecified atom stereocenters. The first-order valence-corrected chi connectivity index (χ1v) is 10.6. The third-order valence-electron chi connectivity index (χ3n) is 5.69. The fourth-order valence-electron chi connectivity index (χ4n) is 3.81. The zero-order valence-electron chi connectivity index (χ0n) is 17.9. The summed E-state index contributed by atoms with van der Waals surface area (Å²) in [4.78, 5) is 36.7. The minimum absolute atomic E-state index is 0.0167. The Balaban J connectivity index is 1.52. The van der Waals surface area contributed by atoms with Crippen LogP contribution in [0.5, 0.6) is 0 Å². The van der Waals surface area contributed by atoms with E-state index in [-0.39, 0.29) is 17.9 Å². The SMILES string of the molecule is CC1CCN(c2nc(C(F)(F)F)ccc2CNC(=O)Nc2cccc3c(=O)[nH]cnc23)CC1. The van der Waals surface area contributed by atoms with Gasteiger partial charge in [0.1, 0.15) is 17.0 Å². The van der Waals surface area contributed by atoms with E-state index < -0.39 is 17.9 Å². The summed E-state index contributed by atoms with van der Waals surface area (Å²) in [6, 6.07) is 6.50. The predicted molar refractivity (Wildman–Crippen MR) is 118 cm³/mol. The second kappa shape index (κ2) is 9.08. The van der Waals surface area contributed by atoms with Crippen LogP contribution in [0.3, 0.4) is 0 Å². The van der Waals surface area contributed by atoms with Crippen molar-refractivity contribution in [2.75, 3.05) is 23.3 Å². The van der Waals surface area contributed by atoms with Gasteiger partial charge < -0.3 is 20.5 Å². The van der Waals surface area contributed by atoms with Gasteiger partial charge in [-0.3, -0.25) is 4.79 Å². The van der Waals surface area contributed by atoms with Gasteiger partial charge in [0.05, 0.1) is 17.4 Å². The number of amides is 2. The molecule has 1 aliphatic rings. The van der Waals surface area contributed by atoms with Crippen molar-refractivity contribution in [2.45, 2.75) is 32.5 Å². The molecule has 0 aliphatic carbocycles. The van der Waals surface area contributed by atoms with E-state index in [1.165, 1.54) is 12.4 Å². The lowest BCUT2D eigenvalue weighted by molar-refractivity contribution is -0.141. The maximum Gasteiger partial charge on any atom is 0.433 e. The van der Waals surface area contributed by atoms with Crippen molar-refractivity contribution < 1.29 is 18.0 Å². The molecule has 8 nitrogen and oxygen atoms in total. The zero-order chi connectivity index (χ0) is 23.6. The predicted octanol–water partition coefficient (Wildman–Crippen LogP) is 3.89. The molecule has 2 amide bonds. The van der Waals surface area contributed by atoms with Crippen molar-refractivity contribution in [3.8, 4) is 0 Å². The van der Waals surface area contributed by atoms with Gasteiger partial charge in [-0.2, -0.15) is 13.2 Å². The van der Waals surface area contributed by atoms with Crippen LogP contribution >= 0.6 is 0 Å². The Morgan fingerprint density at radius 1 is 1.21 bits per heavy atom. The largest absolute Gasteiger partial charge is 0.433 e. The number of hydrogen-bond donors (Lipinski definition) is 3. The second-order valence-corrected chi connectivity index (χ2v) is 8.09. The van der Waals surface area contributed by atoms with E-state index in [4.69, 9.17) is 0 Å². The molecule has 1 saturated heterocycles. The number of anilines is 2. The highest BCUT2D eigenvalue weighted by molar-refractivity contribution is 5.99. The van der Waals surface area contributed by atoms with E-state index in [0.29, 0.717) is 41.2 Å². The molecule has 33 heavy (non-hydrogen) atoms. The number of alkyl halides is 3. The van der Waals surface area contributed by atoms with Crippen molar-refractivity contribution in [2.24, 2.45) is 5.92 Å². The zero-order valence-corrected chi connectivity index (χ0v) is 17.9. The highest BCUT2D eigenvalue weighted by atomic mass is 19.4. The molecule has 3 aromatic rings. The Kier molecular flexibility index (Phi) is 6.21. The normalized spacial score (nSPS) is 15.0. The number of hydrogen-bond acceptors (Lipinski definition) is 5. The smallest absolute Gasteiger partial charge is 0.356 e. The molecule has 0 radical (unpaired) electrons. The number of piperidine rings is 1. The molecule has 3 N–H and O–H groups in total. The Hall–Kier alpha value is -3.63. The van der Waals surface area contributed by atoms with Crippen LogP contribution in [-0.2, 0) is 12.7 Å². The van der Waals surface area contributed by atoms with Crippen molar-refractivity contribution in [3.05, 3.63) is 58.3 Å². The molecule has 2 aromatic heterocycles. The number of carbonyl (C=O) groups excluding carboxylic acids is 1. The Morgan fingerprint density at radius 2 is 1.97 bits per heavy atom. The minimum atomic E-state index is -4.56. The van der Waals surface area contributed by atoms with Crippen molar-refractivity contribution >= 4 is 28.4 Å². The third-order valence-corrected chi connectivity index (χ3v) is 5.69. The number of carbonyl (C=O) groups is 1. The standard InChI is InChI=1S/C22H23F3N6O2/c1-13-7-9-31(10-8-13)19-14(5-6-17(30-19)22(23,24)25)11-26-21(33)29-16-4-2-3-15-18(16)27-12-28-20(15)32/h2-6,12-13H,7-11H2,1H3,(H2,26,29,33)(H,27,28,32). The van der Waals surface area contributed by atoms with E-state index >= 15 is 0 Å². The molecule has 1 aromatic carbocycles. The molecule has 1 aliphatic heterocycles. The summed E-state index contributed by atoms with van der Waals surface area (Å²) >= 11 is 0. The van der Waals surface area contributed by atoms with E-state index in [9.17, 15) is 22.8 Å². The fraction of sp³-hybridized carbons (Fsp3) is 0.364. The number of para-hydroxylation sites is 1. The van der Waals surface area contributed by atoms with Gasteiger partial charge in [-0.1, -0.05) is 19.1 Å². The number of aromatic amines is 1. The van der Waals surface area contributed by atoms with Crippen LogP contribution in [0.25, 0.3) is 10.9 Å². The number of H-pyrrole nitrogens is 1. The summed E-state index contributed by atoms with van der Waals surface area (Å²) in [7, 11) is 0. The highest BCUT2D eigenvalue weighted by Crippen LogP contribution is 2.32. The molecule has 11 heteroatoms. The van der Waals surface area contributed by atoms with Gasteiger partial charge in [-0.05, 0) is 37.0 Å². The maximum atomic E-state index is 13.3. The van der Waals surface area contributed by atoms with Crippen LogP contribution < -0.4 is 21.1 Å². The Bertz CT molecular complexity index is 1220. The summed E-state index contributed by atoms with van der Waals surface area (Å²) in [5.41, 5.74) is -0.139. The molecular weight excluding hydrogens is 437 g/mol. The molecule has 0 atom stereocenters. The second-order valence-electron chi connectivity index (χ2n) is 8.09. The first-order chi connectivity index (χ1) is 15.7. The quantitative estimate of drug-likeness (QED) is 0.548. The van der Waals surface area contributed by atoms with Gasteiger partial charge in [0.15, 0.2) is 0 Å². The minimum Gasteiger partial charge on any atom is -0.356 e. The molecule has 4 rings (SSSR count). The Labute approximate surface area is 187 Å². The topological polar surface area (TPSA) is 103 Å². The number of rotatable bonds is 4. The molecule has 0 bridgehead atoms. The van der Waals surface area contributed by atoms with E-state index in [1.54, 1.807) is 18.2 Å². The monoisotopic (exact) mass is 460 g/mol. The average molecular weight is 460 g/mol. The summed E-state index contributed by atoms with van der Waals surface area (Å²) in [5, 5.41) is 5.63. The molecule has 1 fully saturated rings. The van der Waals surface area contributed by atoms with Gasteiger partial charge in [-0.25, -0.2) is 14.8 Å². The first-order valence-electron chi connectivity index (χ1n) is 10.6. The van der Waals surface area contributed by atoms with Crippen LogP contribution in [0, 0.1) is 5.92 Å². The molecule has 174 valence electrons. The number of urea groups is 1. The van der Waals surface area contributed by atoms with Crippen LogP contribution in [0.1, 0.15) is 31.0 Å². The number of halogens is 3. The number of aromatic nitrogens is 3. The van der Waals surface area contributed by atoms with Crippen LogP contribution in [0.15, 0.2) is 41.5 Å². The van der Waals surface area contributed by atoms with Gasteiger partial charge in [0.25, 0.3) is 5.56 Å². The number of nitrogens with one attached hydrogen (secondary N) is 3. The fourth-order valence-corrected chi connectivity index (χ4v) is 3.81. The summed E-state index contributed by atoms with van der Waals surface area (Å²) in [5.74, 6) is 0.733. The van der Waals surface area contributed by atoms with Crippen LogP contribution in [0.2, 0.25) is 0 Å². The molecular formula is C22H23F3N6O2. The van der Waals surface area contributed by atoms with Crippen molar-refractivity contribution in [1.29, 1.82) is 0 Å². The Morgan fingerprint density at radius 3 is 2.70 bits per heavy atom. The summed E-state index contributed by atoms with van der Waals surface area (Å²) in [6.45, 7) is 3.30. The van der Waals surface area contributed by atoms with Crippen LogP contribution in [0.4, 0.5) is 29.5 Å². The summed E-state index contributed by atoms with van der Waals surface area (Å²) < 4.78 is 39.8. The van der Waals surface area contributed by atoms with Crippen molar-refractivity contribution in [1.82, 2.24) is 20.3 Å². The number of nitrogens with zero attached hydrogens (tertiary/aromatic N) is 3. The van der Waals surface area contributed by atoms with E-state index in [2.05, 4.69) is 32.5 Å². The maximum absolute atomic E-state index is 13.3. The first kappa shape index (κ1) is 22.6. The number of pyridine rings is 1. The third kappa shape index (κ3) is 5.07. The van der Waals surface area contributed by atoms with Crippen molar-refractivity contribution in [3.63, 3.8) is 0 Å². The van der Waals surface area contributed by atoms with Gasteiger partial charge >= 0.3 is 12.2 Å². The van der Waals surface area contributed by atoms with Gasteiger partial charge in [-0.15, -0.1) is 0 Å². The van der Waals surface area contributed by atoms with Crippen LogP contribution in [-0.4, -0.2) is 34.1 Å². The lowest BCUT2D eigenvalue weighted by atomic mass is 9.99. The summed E-state index contributed by atoms with van der Waals surface area (Å²) in [6.07, 6.45) is -1.59. The lowest BCUT2D eigenvalue weighted by Crippen LogP contribution is -2.36. The highest BCUT2D eigenvalue weighted by Gasteiger charge is 2.34. The molecule has 0 saturated carbocycles.